The third-order valence-corrected chi connectivity index (χ3v) is 4.46. The molecule has 2 N–H and O–H groups in total. The van der Waals surface area contributed by atoms with Crippen molar-refractivity contribution in [1.29, 1.82) is 0 Å². The van der Waals surface area contributed by atoms with Crippen molar-refractivity contribution in [2.45, 2.75) is 39.2 Å². The maximum Gasteiger partial charge on any atom is 0.335 e. The van der Waals surface area contributed by atoms with Crippen LogP contribution in [0.25, 0.3) is 21.9 Å². The van der Waals surface area contributed by atoms with Crippen LogP contribution in [0.1, 0.15) is 60.7 Å². The van der Waals surface area contributed by atoms with Crippen LogP contribution < -0.4 is 5.43 Å². The van der Waals surface area contributed by atoms with Gasteiger partial charge in [0.15, 0.2) is 0 Å². The van der Waals surface area contributed by atoms with E-state index < -0.39 is 12.1 Å². The lowest BCUT2D eigenvalue weighted by molar-refractivity contribution is 0.0697. The summed E-state index contributed by atoms with van der Waals surface area (Å²) in [6.07, 6.45) is -0.132. The standard InChI is InChI=1S/C20H20O5/c1-4-16(21)12-8-13(10(2)3)19-15(9-12)18(22)14-7-11(20(23)24)5-6-17(14)25-19/h5-10,16,21H,4H2,1-3H3,(H,23,24). The average Bonchev–Trinajstić information content (AvgIpc) is 2.60. The summed E-state index contributed by atoms with van der Waals surface area (Å²) in [5, 5.41) is 19.9. The highest BCUT2D eigenvalue weighted by Gasteiger charge is 2.18. The number of carboxylic acids is 1. The number of rotatable bonds is 4. The number of carboxylic acid groups (broad SMARTS) is 1. The highest BCUT2D eigenvalue weighted by molar-refractivity contribution is 5.96. The minimum atomic E-state index is -1.10. The van der Waals surface area contributed by atoms with Gasteiger partial charge in [0.05, 0.1) is 22.4 Å². The van der Waals surface area contributed by atoms with E-state index in [2.05, 4.69) is 0 Å². The summed E-state index contributed by atoms with van der Waals surface area (Å²) in [6, 6.07) is 7.79. The van der Waals surface area contributed by atoms with E-state index in [0.29, 0.717) is 28.5 Å². The monoisotopic (exact) mass is 340 g/mol. The SMILES string of the molecule is CCC(O)c1cc(C(C)C)c2oc3ccc(C(=O)O)cc3c(=O)c2c1. The van der Waals surface area contributed by atoms with Gasteiger partial charge in [0.1, 0.15) is 11.2 Å². The summed E-state index contributed by atoms with van der Waals surface area (Å²) in [6.45, 7) is 5.86. The largest absolute Gasteiger partial charge is 0.478 e. The average molecular weight is 340 g/mol. The number of fused-ring (bicyclic) bond motifs is 2. The van der Waals surface area contributed by atoms with Crippen molar-refractivity contribution in [2.75, 3.05) is 0 Å². The molecule has 3 rings (SSSR count). The highest BCUT2D eigenvalue weighted by Crippen LogP contribution is 2.31. The molecule has 0 radical (unpaired) electrons. The molecule has 0 spiro atoms. The minimum Gasteiger partial charge on any atom is -0.478 e. The zero-order valence-corrected chi connectivity index (χ0v) is 14.4. The normalized spacial score (nSPS) is 12.8. The number of aliphatic hydroxyl groups excluding tert-OH is 1. The fraction of sp³-hybridized carbons (Fsp3) is 0.300. The molecule has 5 heteroatoms. The summed E-state index contributed by atoms with van der Waals surface area (Å²) in [5.41, 5.74) is 2.11. The summed E-state index contributed by atoms with van der Waals surface area (Å²) < 4.78 is 5.95. The fourth-order valence-corrected chi connectivity index (χ4v) is 3.00. The summed E-state index contributed by atoms with van der Waals surface area (Å²) >= 11 is 0. The summed E-state index contributed by atoms with van der Waals surface area (Å²) in [4.78, 5) is 24.1. The Kier molecular flexibility index (Phi) is 4.35. The lowest BCUT2D eigenvalue weighted by Gasteiger charge is -2.15. The zero-order chi connectivity index (χ0) is 18.3. The number of hydrogen-bond donors (Lipinski definition) is 2. The van der Waals surface area contributed by atoms with Crippen LogP contribution in [0.5, 0.6) is 0 Å². The molecular formula is C20H20O5. The predicted octanol–water partition coefficient (Wildman–Crippen LogP) is 4.21. The molecule has 0 aliphatic heterocycles. The Balaban J connectivity index is 2.44. The second-order valence-corrected chi connectivity index (χ2v) is 6.51. The second kappa shape index (κ2) is 6.33. The first-order valence-corrected chi connectivity index (χ1v) is 8.29. The molecule has 0 aliphatic carbocycles. The molecule has 0 bridgehead atoms. The van der Waals surface area contributed by atoms with Gasteiger partial charge in [0, 0.05) is 0 Å². The molecule has 0 fully saturated rings. The van der Waals surface area contributed by atoms with Crippen molar-refractivity contribution in [1.82, 2.24) is 0 Å². The topological polar surface area (TPSA) is 87.7 Å². The van der Waals surface area contributed by atoms with Gasteiger partial charge in [-0.15, -0.1) is 0 Å². The molecule has 1 heterocycles. The van der Waals surface area contributed by atoms with Crippen molar-refractivity contribution >= 4 is 27.9 Å². The molecule has 25 heavy (non-hydrogen) atoms. The van der Waals surface area contributed by atoms with Gasteiger partial charge in [-0.1, -0.05) is 20.8 Å². The van der Waals surface area contributed by atoms with E-state index in [1.165, 1.54) is 18.2 Å². The van der Waals surface area contributed by atoms with E-state index in [0.717, 1.165) is 5.56 Å². The van der Waals surface area contributed by atoms with E-state index in [1.54, 1.807) is 6.07 Å². The van der Waals surface area contributed by atoms with E-state index >= 15 is 0 Å². The van der Waals surface area contributed by atoms with Crippen molar-refractivity contribution < 1.29 is 19.4 Å². The molecule has 1 atom stereocenters. The Hall–Kier alpha value is -2.66. The molecule has 5 nitrogen and oxygen atoms in total. The van der Waals surface area contributed by atoms with Crippen LogP contribution in [0.15, 0.2) is 39.5 Å². The smallest absolute Gasteiger partial charge is 0.335 e. The molecule has 130 valence electrons. The summed E-state index contributed by atoms with van der Waals surface area (Å²) in [5.74, 6) is -0.996. The van der Waals surface area contributed by atoms with Crippen LogP contribution >= 0.6 is 0 Å². The molecule has 1 unspecified atom stereocenters. The van der Waals surface area contributed by atoms with E-state index in [9.17, 15) is 14.7 Å². The number of hydrogen-bond acceptors (Lipinski definition) is 4. The molecular weight excluding hydrogens is 320 g/mol. The Morgan fingerprint density at radius 2 is 1.88 bits per heavy atom. The van der Waals surface area contributed by atoms with Crippen molar-refractivity contribution in [3.8, 4) is 0 Å². The lowest BCUT2D eigenvalue weighted by atomic mass is 9.94. The number of carbonyl (C=O) groups is 1. The minimum absolute atomic E-state index is 0.0352. The van der Waals surface area contributed by atoms with Crippen LogP contribution in [0.3, 0.4) is 0 Å². The van der Waals surface area contributed by atoms with Crippen LogP contribution in [-0.2, 0) is 0 Å². The van der Waals surface area contributed by atoms with Crippen LogP contribution in [0.2, 0.25) is 0 Å². The van der Waals surface area contributed by atoms with Crippen LogP contribution in [0, 0.1) is 0 Å². The number of aliphatic hydroxyl groups is 1. The maximum atomic E-state index is 13.0. The van der Waals surface area contributed by atoms with Gasteiger partial charge in [0.25, 0.3) is 0 Å². The third-order valence-electron chi connectivity index (χ3n) is 4.46. The molecule has 0 amide bonds. The second-order valence-electron chi connectivity index (χ2n) is 6.51. The van der Waals surface area contributed by atoms with Gasteiger partial charge in [0.2, 0.25) is 5.43 Å². The van der Waals surface area contributed by atoms with E-state index in [1.807, 2.05) is 26.8 Å². The van der Waals surface area contributed by atoms with Gasteiger partial charge in [-0.25, -0.2) is 4.79 Å². The molecule has 1 aromatic heterocycles. The van der Waals surface area contributed by atoms with Crippen molar-refractivity contribution in [3.63, 3.8) is 0 Å². The van der Waals surface area contributed by atoms with E-state index in [-0.39, 0.29) is 22.3 Å². The molecule has 3 aromatic rings. The molecule has 0 aliphatic rings. The third kappa shape index (κ3) is 2.91. The van der Waals surface area contributed by atoms with Gasteiger partial charge >= 0.3 is 5.97 Å². The van der Waals surface area contributed by atoms with Crippen molar-refractivity contribution in [2.24, 2.45) is 0 Å². The van der Waals surface area contributed by atoms with Gasteiger partial charge < -0.3 is 14.6 Å². The van der Waals surface area contributed by atoms with Gasteiger partial charge in [-0.05, 0) is 53.8 Å². The Labute approximate surface area is 144 Å². The highest BCUT2D eigenvalue weighted by atomic mass is 16.4. The first kappa shape index (κ1) is 17.2. The van der Waals surface area contributed by atoms with Crippen molar-refractivity contribution in [3.05, 3.63) is 57.2 Å². The first-order valence-electron chi connectivity index (χ1n) is 8.29. The zero-order valence-electron chi connectivity index (χ0n) is 14.4. The summed E-state index contributed by atoms with van der Waals surface area (Å²) in [7, 11) is 0. The van der Waals surface area contributed by atoms with Crippen LogP contribution in [0.4, 0.5) is 0 Å². The van der Waals surface area contributed by atoms with Gasteiger partial charge in [-0.3, -0.25) is 4.79 Å². The first-order chi connectivity index (χ1) is 11.8. The molecule has 2 aromatic carbocycles. The Morgan fingerprint density at radius 1 is 1.16 bits per heavy atom. The molecule has 0 saturated heterocycles. The van der Waals surface area contributed by atoms with E-state index in [4.69, 9.17) is 9.52 Å². The fourth-order valence-electron chi connectivity index (χ4n) is 3.00. The lowest BCUT2D eigenvalue weighted by Crippen LogP contribution is -2.08. The molecule has 0 saturated carbocycles. The quantitative estimate of drug-likeness (QED) is 0.695. The Bertz CT molecular complexity index is 1030. The predicted molar refractivity (Wildman–Crippen MR) is 96.3 cm³/mol. The number of benzene rings is 2. The van der Waals surface area contributed by atoms with Gasteiger partial charge in [-0.2, -0.15) is 0 Å². The Morgan fingerprint density at radius 3 is 2.48 bits per heavy atom. The maximum absolute atomic E-state index is 13.0. The van der Waals surface area contributed by atoms with Crippen LogP contribution in [-0.4, -0.2) is 16.2 Å². The number of aromatic carboxylic acids is 1.